The van der Waals surface area contributed by atoms with Crippen LogP contribution in [0.2, 0.25) is 0 Å². The molecule has 1 aliphatic heterocycles. The molecule has 6 heteroatoms. The fraction of sp³-hybridized carbons (Fsp3) is 0.706. The van der Waals surface area contributed by atoms with Crippen LogP contribution in [0.15, 0.2) is 17.1 Å². The van der Waals surface area contributed by atoms with Gasteiger partial charge in [-0.05, 0) is 32.0 Å². The van der Waals surface area contributed by atoms with Crippen LogP contribution in [0.3, 0.4) is 0 Å². The lowest BCUT2D eigenvalue weighted by molar-refractivity contribution is 0.139. The van der Waals surface area contributed by atoms with Crippen LogP contribution in [-0.2, 0) is 6.54 Å². The summed E-state index contributed by atoms with van der Waals surface area (Å²) in [5.74, 6) is 1.50. The van der Waals surface area contributed by atoms with Crippen LogP contribution < -0.4 is 10.6 Å². The minimum atomic E-state index is 0.612. The van der Waals surface area contributed by atoms with E-state index in [-0.39, 0.29) is 0 Å². The van der Waals surface area contributed by atoms with Gasteiger partial charge in [-0.15, -0.1) is 11.3 Å². The number of nitrogens with one attached hydrogen (secondary N) is 2. The molecule has 1 fully saturated rings. The molecule has 1 atom stereocenters. The summed E-state index contributed by atoms with van der Waals surface area (Å²) in [6.07, 6.45) is 0. The standard InChI is InChI=1S/C17H31N5S/c1-14(13-22-9-7-21(4)8-10-22)11-19-17(18-3)20-12-16-6-5-15(2)23-16/h5-6,14H,7-13H2,1-4H3,(H2,18,19,20). The third kappa shape index (κ3) is 6.49. The molecule has 1 unspecified atom stereocenters. The fourth-order valence-corrected chi connectivity index (χ4v) is 3.61. The van der Waals surface area contributed by atoms with Crippen LogP contribution in [0, 0.1) is 12.8 Å². The first-order valence-electron chi connectivity index (χ1n) is 8.47. The number of nitrogens with zero attached hydrogens (tertiary/aromatic N) is 3. The van der Waals surface area contributed by atoms with E-state index in [4.69, 9.17) is 0 Å². The van der Waals surface area contributed by atoms with Crippen molar-refractivity contribution in [3.05, 3.63) is 21.9 Å². The highest BCUT2D eigenvalue weighted by atomic mass is 32.1. The zero-order chi connectivity index (χ0) is 16.7. The van der Waals surface area contributed by atoms with Crippen LogP contribution in [-0.4, -0.2) is 69.1 Å². The molecule has 0 radical (unpaired) electrons. The first-order chi connectivity index (χ1) is 11.1. The number of hydrogen-bond donors (Lipinski definition) is 2. The number of hydrogen-bond acceptors (Lipinski definition) is 4. The van der Waals surface area contributed by atoms with Crippen molar-refractivity contribution >= 4 is 17.3 Å². The minimum Gasteiger partial charge on any atom is -0.356 e. The van der Waals surface area contributed by atoms with E-state index in [0.29, 0.717) is 5.92 Å². The van der Waals surface area contributed by atoms with Crippen molar-refractivity contribution in [1.82, 2.24) is 20.4 Å². The van der Waals surface area contributed by atoms with Gasteiger partial charge in [-0.25, -0.2) is 0 Å². The monoisotopic (exact) mass is 337 g/mol. The Hall–Kier alpha value is -1.11. The molecule has 0 amide bonds. The van der Waals surface area contributed by atoms with Gasteiger partial charge in [0, 0.05) is 56.1 Å². The summed E-state index contributed by atoms with van der Waals surface area (Å²) >= 11 is 1.83. The third-order valence-corrected chi connectivity index (χ3v) is 5.23. The predicted octanol–water partition coefficient (Wildman–Crippen LogP) is 1.61. The Morgan fingerprint density at radius 1 is 1.26 bits per heavy atom. The Morgan fingerprint density at radius 3 is 2.61 bits per heavy atom. The lowest BCUT2D eigenvalue weighted by atomic mass is 10.1. The normalized spacial score (nSPS) is 18.9. The zero-order valence-electron chi connectivity index (χ0n) is 14.9. The number of guanidine groups is 1. The zero-order valence-corrected chi connectivity index (χ0v) is 15.7. The van der Waals surface area contributed by atoms with Crippen molar-refractivity contribution in [1.29, 1.82) is 0 Å². The van der Waals surface area contributed by atoms with Crippen molar-refractivity contribution in [2.24, 2.45) is 10.9 Å². The smallest absolute Gasteiger partial charge is 0.191 e. The molecule has 1 aliphatic rings. The fourth-order valence-electron chi connectivity index (χ4n) is 2.78. The molecule has 1 saturated heterocycles. The number of piperazine rings is 1. The van der Waals surface area contributed by atoms with Gasteiger partial charge in [-0.2, -0.15) is 0 Å². The van der Waals surface area contributed by atoms with E-state index in [2.05, 4.69) is 58.5 Å². The molecule has 2 N–H and O–H groups in total. The third-order valence-electron chi connectivity index (χ3n) is 4.23. The van der Waals surface area contributed by atoms with Crippen LogP contribution in [0.1, 0.15) is 16.7 Å². The quantitative estimate of drug-likeness (QED) is 0.611. The molecule has 130 valence electrons. The van der Waals surface area contributed by atoms with Gasteiger partial charge in [-0.3, -0.25) is 4.99 Å². The van der Waals surface area contributed by atoms with Gasteiger partial charge in [0.05, 0.1) is 6.54 Å². The Balaban J connectivity index is 1.66. The summed E-state index contributed by atoms with van der Waals surface area (Å²) in [6, 6.07) is 4.34. The molecule has 2 rings (SSSR count). The molecule has 2 heterocycles. The second-order valence-corrected chi connectivity index (χ2v) is 7.90. The Bertz CT molecular complexity index is 491. The summed E-state index contributed by atoms with van der Waals surface area (Å²) in [5.41, 5.74) is 0. The number of aryl methyl sites for hydroxylation is 1. The van der Waals surface area contributed by atoms with E-state index in [1.54, 1.807) is 0 Å². The summed E-state index contributed by atoms with van der Waals surface area (Å²) in [7, 11) is 4.03. The molecular formula is C17H31N5S. The number of likely N-dealkylation sites (N-methyl/N-ethyl adjacent to an activating group) is 1. The van der Waals surface area contributed by atoms with E-state index in [1.807, 2.05) is 18.4 Å². The van der Waals surface area contributed by atoms with Crippen molar-refractivity contribution in [2.75, 3.05) is 53.4 Å². The largest absolute Gasteiger partial charge is 0.356 e. The number of aliphatic imine (C=N–C) groups is 1. The Kier molecular flexibility index (Phi) is 7.33. The van der Waals surface area contributed by atoms with Crippen molar-refractivity contribution < 1.29 is 0 Å². The summed E-state index contributed by atoms with van der Waals surface area (Å²) in [6.45, 7) is 12.1. The highest BCUT2D eigenvalue weighted by Gasteiger charge is 2.16. The van der Waals surface area contributed by atoms with Crippen LogP contribution in [0.5, 0.6) is 0 Å². The van der Waals surface area contributed by atoms with Gasteiger partial charge in [-0.1, -0.05) is 6.92 Å². The van der Waals surface area contributed by atoms with Gasteiger partial charge >= 0.3 is 0 Å². The predicted molar refractivity (Wildman–Crippen MR) is 100 cm³/mol. The van der Waals surface area contributed by atoms with E-state index >= 15 is 0 Å². The van der Waals surface area contributed by atoms with Crippen molar-refractivity contribution in [3.63, 3.8) is 0 Å². The molecule has 0 bridgehead atoms. The first kappa shape index (κ1) is 18.2. The molecule has 1 aromatic rings. The lowest BCUT2D eigenvalue weighted by Gasteiger charge is -2.34. The topological polar surface area (TPSA) is 42.9 Å². The molecule has 5 nitrogen and oxygen atoms in total. The molecule has 0 saturated carbocycles. The van der Waals surface area contributed by atoms with Crippen LogP contribution in [0.4, 0.5) is 0 Å². The first-order valence-corrected chi connectivity index (χ1v) is 9.29. The van der Waals surface area contributed by atoms with Gasteiger partial charge in [0.2, 0.25) is 0 Å². The number of thiophene rings is 1. The van der Waals surface area contributed by atoms with E-state index in [1.165, 1.54) is 35.9 Å². The molecular weight excluding hydrogens is 306 g/mol. The maximum absolute atomic E-state index is 4.32. The molecule has 0 aromatic carbocycles. The average molecular weight is 338 g/mol. The molecule has 0 aliphatic carbocycles. The second kappa shape index (κ2) is 9.25. The summed E-state index contributed by atoms with van der Waals surface area (Å²) in [5, 5.41) is 6.84. The van der Waals surface area contributed by atoms with Crippen molar-refractivity contribution in [3.8, 4) is 0 Å². The highest BCUT2D eigenvalue weighted by Crippen LogP contribution is 2.14. The minimum absolute atomic E-state index is 0.612. The SMILES string of the molecule is CN=C(NCc1ccc(C)s1)NCC(C)CN1CCN(C)CC1. The maximum Gasteiger partial charge on any atom is 0.191 e. The van der Waals surface area contributed by atoms with Gasteiger partial charge < -0.3 is 20.4 Å². The molecule has 0 spiro atoms. The Morgan fingerprint density at radius 2 is 2.00 bits per heavy atom. The van der Waals surface area contributed by atoms with Crippen LogP contribution in [0.25, 0.3) is 0 Å². The van der Waals surface area contributed by atoms with Gasteiger partial charge in [0.15, 0.2) is 5.96 Å². The van der Waals surface area contributed by atoms with Crippen molar-refractivity contribution in [2.45, 2.75) is 20.4 Å². The lowest BCUT2D eigenvalue weighted by Crippen LogP contribution is -2.47. The van der Waals surface area contributed by atoms with Gasteiger partial charge in [0.1, 0.15) is 0 Å². The second-order valence-electron chi connectivity index (χ2n) is 6.53. The molecule has 23 heavy (non-hydrogen) atoms. The van der Waals surface area contributed by atoms with Crippen LogP contribution >= 0.6 is 11.3 Å². The Labute approximate surface area is 144 Å². The van der Waals surface area contributed by atoms with Gasteiger partial charge in [0.25, 0.3) is 0 Å². The van der Waals surface area contributed by atoms with E-state index < -0.39 is 0 Å². The summed E-state index contributed by atoms with van der Waals surface area (Å²) in [4.78, 5) is 12.0. The van der Waals surface area contributed by atoms with E-state index in [0.717, 1.165) is 25.6 Å². The molecule has 1 aromatic heterocycles. The maximum atomic E-state index is 4.32. The summed E-state index contributed by atoms with van der Waals surface area (Å²) < 4.78 is 0. The van der Waals surface area contributed by atoms with E-state index in [9.17, 15) is 0 Å². The number of rotatable bonds is 6. The average Bonchev–Trinajstić information content (AvgIpc) is 2.95. The highest BCUT2D eigenvalue weighted by molar-refractivity contribution is 7.11.